The smallest absolute Gasteiger partial charge is 0.229 e. The highest BCUT2D eigenvalue weighted by molar-refractivity contribution is 5.50. The van der Waals surface area contributed by atoms with E-state index < -0.39 is 6.10 Å². The Bertz CT molecular complexity index is 463. The van der Waals surface area contributed by atoms with Gasteiger partial charge in [0, 0.05) is 13.2 Å². The molecule has 2 rings (SSSR count). The van der Waals surface area contributed by atoms with Gasteiger partial charge in [0.25, 0.3) is 0 Å². The van der Waals surface area contributed by atoms with Crippen molar-refractivity contribution in [3.63, 3.8) is 0 Å². The maximum atomic E-state index is 9.45. The zero-order valence-electron chi connectivity index (χ0n) is 9.29. The lowest BCUT2D eigenvalue weighted by Gasteiger charge is -2.01. The lowest BCUT2D eigenvalue weighted by atomic mass is 10.2. The summed E-state index contributed by atoms with van der Waals surface area (Å²) in [5, 5.41) is 17.3. The maximum absolute atomic E-state index is 9.45. The van der Waals surface area contributed by atoms with Gasteiger partial charge in [-0.2, -0.15) is 10.1 Å². The van der Waals surface area contributed by atoms with Gasteiger partial charge in [0.05, 0.1) is 24.3 Å². The maximum Gasteiger partial charge on any atom is 0.229 e. The van der Waals surface area contributed by atoms with Crippen LogP contribution in [0.5, 0.6) is 0 Å². The molecular weight excluding hydrogens is 208 g/mol. The number of hydrogen-bond donors (Lipinski definition) is 1. The normalized spacial score (nSPS) is 12.9. The Morgan fingerprint density at radius 2 is 2.38 bits per heavy atom. The van der Waals surface area contributed by atoms with Crippen LogP contribution >= 0.6 is 0 Å². The van der Waals surface area contributed by atoms with Gasteiger partial charge in [0.15, 0.2) is 0 Å². The first kappa shape index (κ1) is 10.8. The molecule has 1 N–H and O–H groups in total. The monoisotopic (exact) mass is 222 g/mol. The summed E-state index contributed by atoms with van der Waals surface area (Å²) in [5.41, 5.74) is 0.809. The molecule has 2 aromatic heterocycles. The molecule has 2 heterocycles. The molecule has 0 amide bonds. The minimum absolute atomic E-state index is 0.393. The van der Waals surface area contributed by atoms with Crippen molar-refractivity contribution >= 4 is 0 Å². The summed E-state index contributed by atoms with van der Waals surface area (Å²) in [7, 11) is 1.82. The summed E-state index contributed by atoms with van der Waals surface area (Å²) < 4.78 is 6.72. The molecule has 0 fully saturated rings. The van der Waals surface area contributed by atoms with Gasteiger partial charge in [-0.3, -0.25) is 4.68 Å². The largest absolute Gasteiger partial charge is 0.393 e. The average Bonchev–Trinajstić information content (AvgIpc) is 2.87. The SMILES string of the molecule is CCC(O)Cc1nc(-c2cnn(C)c2)no1. The van der Waals surface area contributed by atoms with Crippen molar-refractivity contribution in [2.45, 2.75) is 25.9 Å². The van der Waals surface area contributed by atoms with E-state index in [-0.39, 0.29) is 0 Å². The fourth-order valence-electron chi connectivity index (χ4n) is 1.34. The summed E-state index contributed by atoms with van der Waals surface area (Å²) in [6.07, 6.45) is 4.12. The van der Waals surface area contributed by atoms with Crippen LogP contribution in [0.25, 0.3) is 11.4 Å². The Labute approximate surface area is 92.9 Å². The van der Waals surface area contributed by atoms with Crippen LogP contribution in [0, 0.1) is 0 Å². The lowest BCUT2D eigenvalue weighted by molar-refractivity contribution is 0.158. The van der Waals surface area contributed by atoms with Crippen molar-refractivity contribution in [3.05, 3.63) is 18.3 Å². The van der Waals surface area contributed by atoms with Gasteiger partial charge in [-0.1, -0.05) is 12.1 Å². The summed E-state index contributed by atoms with van der Waals surface area (Å²) in [5.74, 6) is 0.958. The Kier molecular flexibility index (Phi) is 3.00. The van der Waals surface area contributed by atoms with Crippen molar-refractivity contribution < 1.29 is 9.63 Å². The molecule has 2 aromatic rings. The number of aromatic nitrogens is 4. The van der Waals surface area contributed by atoms with Crippen LogP contribution in [-0.4, -0.2) is 31.1 Å². The summed E-state index contributed by atoms with van der Waals surface area (Å²) in [4.78, 5) is 4.19. The second-order valence-corrected chi connectivity index (χ2v) is 3.68. The van der Waals surface area contributed by atoms with E-state index in [0.717, 1.165) is 5.56 Å². The van der Waals surface area contributed by atoms with Crippen LogP contribution in [0.3, 0.4) is 0 Å². The molecule has 16 heavy (non-hydrogen) atoms. The molecule has 1 atom stereocenters. The molecule has 0 aliphatic rings. The van der Waals surface area contributed by atoms with E-state index in [1.165, 1.54) is 0 Å². The zero-order chi connectivity index (χ0) is 11.5. The van der Waals surface area contributed by atoms with E-state index in [1.807, 2.05) is 20.2 Å². The van der Waals surface area contributed by atoms with Crippen LogP contribution in [0.15, 0.2) is 16.9 Å². The number of nitrogens with zero attached hydrogens (tertiary/aromatic N) is 4. The molecule has 0 aliphatic carbocycles. The van der Waals surface area contributed by atoms with Crippen LogP contribution in [0.4, 0.5) is 0 Å². The summed E-state index contributed by atoms with van der Waals surface area (Å²) in [6, 6.07) is 0. The third-order valence-corrected chi connectivity index (χ3v) is 2.31. The first-order valence-electron chi connectivity index (χ1n) is 5.18. The number of rotatable bonds is 4. The van der Waals surface area contributed by atoms with Crippen LogP contribution in [-0.2, 0) is 13.5 Å². The second kappa shape index (κ2) is 4.44. The van der Waals surface area contributed by atoms with Crippen molar-refractivity contribution in [1.29, 1.82) is 0 Å². The lowest BCUT2D eigenvalue weighted by Crippen LogP contribution is -2.08. The van der Waals surface area contributed by atoms with Gasteiger partial charge < -0.3 is 9.63 Å². The van der Waals surface area contributed by atoms with Gasteiger partial charge >= 0.3 is 0 Å². The molecule has 6 heteroatoms. The predicted octanol–water partition coefficient (Wildman–Crippen LogP) is 0.783. The van der Waals surface area contributed by atoms with E-state index in [4.69, 9.17) is 4.52 Å². The van der Waals surface area contributed by atoms with Crippen LogP contribution in [0.1, 0.15) is 19.2 Å². The number of aliphatic hydroxyl groups excluding tert-OH is 1. The third kappa shape index (κ3) is 2.27. The highest BCUT2D eigenvalue weighted by atomic mass is 16.5. The first-order chi connectivity index (χ1) is 7.69. The minimum atomic E-state index is -0.429. The predicted molar refractivity (Wildman–Crippen MR) is 56.5 cm³/mol. The molecule has 6 nitrogen and oxygen atoms in total. The molecule has 0 radical (unpaired) electrons. The van der Waals surface area contributed by atoms with Crippen molar-refractivity contribution in [1.82, 2.24) is 19.9 Å². The average molecular weight is 222 g/mol. The van der Waals surface area contributed by atoms with Gasteiger partial charge in [-0.05, 0) is 6.42 Å². The first-order valence-corrected chi connectivity index (χ1v) is 5.18. The standard InChI is InChI=1S/C10H14N4O2/c1-3-8(15)4-9-12-10(13-16-9)7-5-11-14(2)6-7/h5-6,8,15H,3-4H2,1-2H3. The Morgan fingerprint density at radius 1 is 1.56 bits per heavy atom. The summed E-state index contributed by atoms with van der Waals surface area (Å²) in [6.45, 7) is 1.91. The quantitative estimate of drug-likeness (QED) is 0.827. The molecule has 0 saturated carbocycles. The van der Waals surface area contributed by atoms with Crippen LogP contribution in [0.2, 0.25) is 0 Å². The third-order valence-electron chi connectivity index (χ3n) is 2.31. The van der Waals surface area contributed by atoms with E-state index in [1.54, 1.807) is 10.9 Å². The number of aliphatic hydroxyl groups is 1. The van der Waals surface area contributed by atoms with Crippen molar-refractivity contribution in [2.75, 3.05) is 0 Å². The molecular formula is C10H14N4O2. The molecule has 0 aromatic carbocycles. The van der Waals surface area contributed by atoms with Gasteiger partial charge in [0.2, 0.25) is 11.7 Å². The van der Waals surface area contributed by atoms with Gasteiger partial charge in [0.1, 0.15) is 0 Å². The van der Waals surface area contributed by atoms with Gasteiger partial charge in [-0.15, -0.1) is 0 Å². The van der Waals surface area contributed by atoms with E-state index in [2.05, 4.69) is 15.2 Å². The fraction of sp³-hybridized carbons (Fsp3) is 0.500. The fourth-order valence-corrected chi connectivity index (χ4v) is 1.34. The highest BCUT2D eigenvalue weighted by Gasteiger charge is 2.12. The Morgan fingerprint density at radius 3 is 3.00 bits per heavy atom. The molecule has 0 spiro atoms. The molecule has 0 bridgehead atoms. The molecule has 0 aliphatic heterocycles. The van der Waals surface area contributed by atoms with Crippen molar-refractivity contribution in [2.24, 2.45) is 7.05 Å². The zero-order valence-corrected chi connectivity index (χ0v) is 9.29. The number of hydrogen-bond acceptors (Lipinski definition) is 5. The molecule has 0 saturated heterocycles. The minimum Gasteiger partial charge on any atom is -0.393 e. The summed E-state index contributed by atoms with van der Waals surface area (Å²) >= 11 is 0. The van der Waals surface area contributed by atoms with Gasteiger partial charge in [-0.25, -0.2) is 0 Å². The van der Waals surface area contributed by atoms with Crippen molar-refractivity contribution in [3.8, 4) is 11.4 Å². The highest BCUT2D eigenvalue weighted by Crippen LogP contribution is 2.15. The molecule has 86 valence electrons. The van der Waals surface area contributed by atoms with E-state index in [9.17, 15) is 5.11 Å². The van der Waals surface area contributed by atoms with E-state index >= 15 is 0 Å². The second-order valence-electron chi connectivity index (χ2n) is 3.68. The van der Waals surface area contributed by atoms with E-state index in [0.29, 0.717) is 24.6 Å². The topological polar surface area (TPSA) is 77.0 Å². The number of aryl methyl sites for hydroxylation is 1. The molecule has 1 unspecified atom stereocenters. The Hall–Kier alpha value is -1.69. The van der Waals surface area contributed by atoms with Crippen LogP contribution < -0.4 is 0 Å². The Balaban J connectivity index is 2.13.